The lowest BCUT2D eigenvalue weighted by atomic mass is 9.87. The van der Waals surface area contributed by atoms with E-state index in [0.29, 0.717) is 25.0 Å². The molecule has 2 heterocycles. The van der Waals surface area contributed by atoms with Crippen LogP contribution in [0.25, 0.3) is 0 Å². The average Bonchev–Trinajstić information content (AvgIpc) is 3.27. The highest BCUT2D eigenvalue weighted by atomic mass is 16.4. The van der Waals surface area contributed by atoms with Gasteiger partial charge in [-0.05, 0) is 32.7 Å². The number of likely N-dealkylation sites (N-methyl/N-ethyl adjacent to an activating group) is 1. The Morgan fingerprint density at radius 2 is 1.91 bits per heavy atom. The molecule has 0 aliphatic carbocycles. The maximum absolute atomic E-state index is 11.0. The van der Waals surface area contributed by atoms with Crippen molar-refractivity contribution in [1.29, 1.82) is 0 Å². The number of carboxylic acid groups (broad SMARTS) is 1. The summed E-state index contributed by atoms with van der Waals surface area (Å²) >= 11 is 0. The average molecular weight is 455 g/mol. The Morgan fingerprint density at radius 3 is 2.53 bits per heavy atom. The molecule has 1 saturated heterocycles. The first-order valence-electron chi connectivity index (χ1n) is 12.7. The zero-order chi connectivity index (χ0) is 23.4. The van der Waals surface area contributed by atoms with Gasteiger partial charge in [-0.15, -0.1) is 0 Å². The number of aliphatic carboxylic acids is 1. The second-order valence-corrected chi connectivity index (χ2v) is 9.80. The van der Waals surface area contributed by atoms with E-state index in [1.165, 1.54) is 25.7 Å². The van der Waals surface area contributed by atoms with Crippen LogP contribution in [0.3, 0.4) is 0 Å². The number of unbranched alkanes of at least 4 members (excludes halogenated alkanes) is 6. The zero-order valence-electron chi connectivity index (χ0n) is 20.1. The summed E-state index contributed by atoms with van der Waals surface area (Å²) in [5.74, 6) is -0.943. The molecular weight excluding hydrogens is 408 g/mol. The zero-order valence-corrected chi connectivity index (χ0v) is 20.1. The van der Waals surface area contributed by atoms with E-state index in [-0.39, 0.29) is 18.6 Å². The van der Waals surface area contributed by atoms with Crippen molar-refractivity contribution in [2.24, 2.45) is 4.99 Å². The summed E-state index contributed by atoms with van der Waals surface area (Å²) in [5.41, 5.74) is -1.14. The number of nitrogens with one attached hydrogen (secondary N) is 2. The van der Waals surface area contributed by atoms with Gasteiger partial charge in [0.15, 0.2) is 0 Å². The molecule has 0 amide bonds. The number of carboxylic acids is 1. The lowest BCUT2D eigenvalue weighted by molar-refractivity contribution is -0.142. The molecule has 0 aromatic rings. The van der Waals surface area contributed by atoms with E-state index in [4.69, 9.17) is 5.11 Å². The summed E-state index contributed by atoms with van der Waals surface area (Å²) in [6, 6.07) is 0.918. The van der Waals surface area contributed by atoms with Gasteiger partial charge in [0.05, 0.1) is 24.8 Å². The first-order chi connectivity index (χ1) is 15.3. The molecule has 0 spiro atoms. The van der Waals surface area contributed by atoms with Gasteiger partial charge in [0.2, 0.25) is 0 Å². The number of hydrogen-bond acceptors (Lipinski definition) is 7. The molecule has 0 unspecified atom stereocenters. The van der Waals surface area contributed by atoms with Crippen molar-refractivity contribution < 1.29 is 20.1 Å². The molecular formula is C24H46N4O4. The predicted octanol–water partition coefficient (Wildman–Crippen LogP) is 2.14. The summed E-state index contributed by atoms with van der Waals surface area (Å²) in [4.78, 5) is 17.8. The molecule has 1 fully saturated rings. The van der Waals surface area contributed by atoms with Crippen LogP contribution >= 0.6 is 0 Å². The molecule has 0 saturated carbocycles. The second-order valence-electron chi connectivity index (χ2n) is 9.80. The minimum atomic E-state index is -1.14. The number of aliphatic hydroxyl groups excluding tert-OH is 1. The predicted molar refractivity (Wildman–Crippen MR) is 128 cm³/mol. The van der Waals surface area contributed by atoms with Crippen molar-refractivity contribution in [3.05, 3.63) is 0 Å². The van der Waals surface area contributed by atoms with E-state index in [9.17, 15) is 15.0 Å². The molecule has 186 valence electrons. The summed E-state index contributed by atoms with van der Waals surface area (Å²) < 4.78 is 0. The van der Waals surface area contributed by atoms with Gasteiger partial charge >= 0.3 is 5.97 Å². The normalized spacial score (nSPS) is 28.1. The number of hydrogen-bond donors (Lipinski definition) is 5. The molecule has 0 aromatic heterocycles. The fourth-order valence-electron chi connectivity index (χ4n) is 5.06. The lowest BCUT2D eigenvalue weighted by Crippen LogP contribution is -2.60. The third-order valence-corrected chi connectivity index (χ3v) is 7.02. The first kappa shape index (κ1) is 27.2. The van der Waals surface area contributed by atoms with Crippen molar-refractivity contribution in [3.8, 4) is 0 Å². The van der Waals surface area contributed by atoms with Crippen molar-refractivity contribution >= 4 is 12.2 Å². The molecule has 32 heavy (non-hydrogen) atoms. The van der Waals surface area contributed by atoms with Crippen molar-refractivity contribution in [2.75, 3.05) is 26.3 Å². The van der Waals surface area contributed by atoms with E-state index in [2.05, 4.69) is 27.4 Å². The van der Waals surface area contributed by atoms with E-state index in [1.54, 1.807) is 0 Å². The molecule has 0 radical (unpaired) electrons. The maximum Gasteiger partial charge on any atom is 0.306 e. The number of carbonyl (C=O) groups is 1. The number of aliphatic hydroxyl groups is 2. The SMILES string of the molecule is CCNC[C@@](O)(CCCCCCCCC[C@H]1N[C@@H](C)[C@H](O)C[C@@H]1N1CC=NC1)CC(=O)O. The molecule has 2 rings (SSSR count). The van der Waals surface area contributed by atoms with Gasteiger partial charge < -0.3 is 26.0 Å². The van der Waals surface area contributed by atoms with Crippen LogP contribution in [0.1, 0.15) is 84.5 Å². The largest absolute Gasteiger partial charge is 0.481 e. The minimum absolute atomic E-state index is 0.145. The van der Waals surface area contributed by atoms with Gasteiger partial charge in [0, 0.05) is 37.4 Å². The highest BCUT2D eigenvalue weighted by Crippen LogP contribution is 2.25. The van der Waals surface area contributed by atoms with Crippen LogP contribution in [0.4, 0.5) is 0 Å². The van der Waals surface area contributed by atoms with Crippen LogP contribution in [0.5, 0.6) is 0 Å². The summed E-state index contributed by atoms with van der Waals surface area (Å²) in [7, 11) is 0. The third kappa shape index (κ3) is 9.43. The minimum Gasteiger partial charge on any atom is -0.481 e. The Bertz CT molecular complexity index is 568. The van der Waals surface area contributed by atoms with Gasteiger partial charge in [0.25, 0.3) is 0 Å². The Balaban J connectivity index is 1.57. The molecule has 5 N–H and O–H groups in total. The quantitative estimate of drug-likeness (QED) is 0.227. The van der Waals surface area contributed by atoms with E-state index in [1.807, 2.05) is 13.1 Å². The van der Waals surface area contributed by atoms with Crippen molar-refractivity contribution in [2.45, 2.75) is 114 Å². The van der Waals surface area contributed by atoms with Crippen molar-refractivity contribution in [1.82, 2.24) is 15.5 Å². The van der Waals surface area contributed by atoms with Gasteiger partial charge in [-0.2, -0.15) is 0 Å². The highest BCUT2D eigenvalue weighted by molar-refractivity contribution is 5.68. The van der Waals surface area contributed by atoms with Crippen LogP contribution in [0.2, 0.25) is 0 Å². The van der Waals surface area contributed by atoms with Crippen LogP contribution in [0, 0.1) is 0 Å². The lowest BCUT2D eigenvalue weighted by Gasteiger charge is -2.43. The summed E-state index contributed by atoms with van der Waals surface area (Å²) in [6.07, 6.45) is 11.8. The topological polar surface area (TPSA) is 117 Å². The number of rotatable bonds is 16. The first-order valence-corrected chi connectivity index (χ1v) is 12.7. The van der Waals surface area contributed by atoms with Crippen LogP contribution in [-0.4, -0.2) is 88.5 Å². The molecule has 2 aliphatic rings. The standard InChI is InChI=1S/C24H46N4O4/c1-3-25-17-24(32,16-23(30)31)12-10-8-6-4-5-7-9-11-20-21(28-14-13-26-18-28)15-22(29)19(2)27-20/h13,19-22,25,27,29,32H,3-12,14-18H2,1-2H3,(H,30,31)/t19-,20+,21-,22+,24+/m0/s1. The summed E-state index contributed by atoms with van der Waals surface area (Å²) in [6.45, 7) is 6.73. The third-order valence-electron chi connectivity index (χ3n) is 7.02. The second kappa shape index (κ2) is 14.3. The van der Waals surface area contributed by atoms with Crippen molar-refractivity contribution in [3.63, 3.8) is 0 Å². The molecule has 5 atom stereocenters. The number of piperidine rings is 1. The summed E-state index contributed by atoms with van der Waals surface area (Å²) in [5, 5.41) is 36.6. The molecule has 8 heteroatoms. The Kier molecular flexibility index (Phi) is 12.1. The van der Waals surface area contributed by atoms with Gasteiger partial charge in [-0.3, -0.25) is 14.7 Å². The monoisotopic (exact) mass is 454 g/mol. The van der Waals surface area contributed by atoms with Crippen LogP contribution < -0.4 is 10.6 Å². The Labute approximate surface area is 193 Å². The van der Waals surface area contributed by atoms with Crippen LogP contribution in [-0.2, 0) is 4.79 Å². The highest BCUT2D eigenvalue weighted by Gasteiger charge is 2.37. The fourth-order valence-corrected chi connectivity index (χ4v) is 5.06. The van der Waals surface area contributed by atoms with Gasteiger partial charge in [-0.25, -0.2) is 0 Å². The number of nitrogens with zero attached hydrogens (tertiary/aromatic N) is 2. The molecule has 0 bridgehead atoms. The van der Waals surface area contributed by atoms with Crippen LogP contribution in [0.15, 0.2) is 4.99 Å². The smallest absolute Gasteiger partial charge is 0.306 e. The molecule has 2 aliphatic heterocycles. The van der Waals surface area contributed by atoms with Gasteiger partial charge in [0.1, 0.15) is 0 Å². The van der Waals surface area contributed by atoms with E-state index >= 15 is 0 Å². The maximum atomic E-state index is 11.0. The van der Waals surface area contributed by atoms with E-state index in [0.717, 1.165) is 51.9 Å². The Morgan fingerprint density at radius 1 is 1.22 bits per heavy atom. The fraction of sp³-hybridized carbons (Fsp3) is 0.917. The Hall–Kier alpha value is -1.06. The van der Waals surface area contributed by atoms with E-state index < -0.39 is 11.6 Å². The number of aliphatic imine (C=N–C) groups is 1. The molecule has 8 nitrogen and oxygen atoms in total. The van der Waals surface area contributed by atoms with Gasteiger partial charge in [-0.1, -0.05) is 51.9 Å². The molecule has 0 aromatic carbocycles.